The minimum atomic E-state index is -0.448. The number of aromatic nitrogens is 2. The third-order valence-corrected chi connectivity index (χ3v) is 5.55. The van der Waals surface area contributed by atoms with E-state index in [1.165, 1.54) is 9.13 Å². The summed E-state index contributed by atoms with van der Waals surface area (Å²) >= 11 is 0. The second-order valence-corrected chi connectivity index (χ2v) is 7.67. The molecule has 7 heteroatoms. The van der Waals surface area contributed by atoms with Gasteiger partial charge in [-0.25, -0.2) is 4.79 Å². The van der Waals surface area contributed by atoms with Crippen LogP contribution in [0.25, 0.3) is 0 Å². The number of hydrogen-bond donors (Lipinski definition) is 1. The maximum absolute atomic E-state index is 13.3. The maximum Gasteiger partial charge on any atom is 0.332 e. The Bertz CT molecular complexity index is 1240. The molecule has 1 aliphatic rings. The molecule has 7 nitrogen and oxygen atoms in total. The summed E-state index contributed by atoms with van der Waals surface area (Å²) in [6.07, 6.45) is 0.844. The highest BCUT2D eigenvalue weighted by Gasteiger charge is 2.35. The highest BCUT2D eigenvalue weighted by molar-refractivity contribution is 5.93. The molecule has 0 amide bonds. The number of aliphatic imine (C=N–C) groups is 1. The zero-order valence-electron chi connectivity index (χ0n) is 17.6. The van der Waals surface area contributed by atoms with Crippen LogP contribution >= 0.6 is 0 Å². The van der Waals surface area contributed by atoms with E-state index in [1.807, 2.05) is 61.5 Å². The topological polar surface area (TPSA) is 85.8 Å². The molecule has 1 aromatic heterocycles. The van der Waals surface area contributed by atoms with Crippen LogP contribution in [0.5, 0.6) is 5.75 Å². The van der Waals surface area contributed by atoms with Crippen molar-refractivity contribution in [3.8, 4) is 5.75 Å². The van der Waals surface area contributed by atoms with E-state index >= 15 is 0 Å². The molecule has 4 rings (SSSR count). The van der Waals surface area contributed by atoms with Crippen LogP contribution in [0.15, 0.2) is 69.2 Å². The number of rotatable bonds is 6. The van der Waals surface area contributed by atoms with Crippen LogP contribution in [0, 0.1) is 6.92 Å². The van der Waals surface area contributed by atoms with Gasteiger partial charge in [0.2, 0.25) is 5.90 Å². The fourth-order valence-corrected chi connectivity index (χ4v) is 3.87. The summed E-state index contributed by atoms with van der Waals surface area (Å²) < 4.78 is 8.76. The summed E-state index contributed by atoms with van der Waals surface area (Å²) in [6, 6.07) is 17.4. The highest BCUT2D eigenvalue weighted by Crippen LogP contribution is 2.35. The molecular weight excluding hydrogens is 394 g/mol. The number of aliphatic hydroxyl groups is 1. The van der Waals surface area contributed by atoms with Crippen LogP contribution in [0.3, 0.4) is 0 Å². The molecule has 2 aromatic carbocycles. The van der Waals surface area contributed by atoms with Gasteiger partial charge in [0, 0.05) is 20.2 Å². The van der Waals surface area contributed by atoms with Crippen molar-refractivity contribution in [1.29, 1.82) is 0 Å². The quantitative estimate of drug-likeness (QED) is 0.666. The van der Waals surface area contributed by atoms with Gasteiger partial charge in [0.15, 0.2) is 0 Å². The zero-order chi connectivity index (χ0) is 22.0. The molecule has 1 aliphatic heterocycles. The van der Waals surface area contributed by atoms with E-state index in [2.05, 4.69) is 4.99 Å². The minimum Gasteiger partial charge on any atom is -0.442 e. The lowest BCUT2D eigenvalue weighted by Gasteiger charge is -2.17. The van der Waals surface area contributed by atoms with Crippen molar-refractivity contribution in [2.45, 2.75) is 32.2 Å². The molecule has 0 fully saturated rings. The second-order valence-electron chi connectivity index (χ2n) is 7.67. The van der Waals surface area contributed by atoms with Gasteiger partial charge in [0.1, 0.15) is 11.6 Å². The van der Waals surface area contributed by atoms with Gasteiger partial charge in [-0.1, -0.05) is 48.5 Å². The second kappa shape index (κ2) is 8.73. The standard InChI is InChI=1S/C24H25N3O4/c1-16-9-6-7-12-19(16)31-22-18(15-17-10-4-3-5-11-17)20-21(25-22)26(2)24(30)27(23(20)29)13-8-14-28/h3-7,9-12,18,28H,8,13-15H2,1-2H3. The smallest absolute Gasteiger partial charge is 0.332 e. The van der Waals surface area contributed by atoms with E-state index in [-0.39, 0.29) is 18.7 Å². The normalized spacial score (nSPS) is 14.9. The zero-order valence-corrected chi connectivity index (χ0v) is 17.6. The number of fused-ring (bicyclic) bond motifs is 1. The van der Waals surface area contributed by atoms with Crippen LogP contribution in [0.1, 0.15) is 29.0 Å². The Morgan fingerprint density at radius 2 is 1.77 bits per heavy atom. The summed E-state index contributed by atoms with van der Waals surface area (Å²) in [4.78, 5) is 30.7. The molecule has 1 atom stereocenters. The molecule has 3 aromatic rings. The van der Waals surface area contributed by atoms with E-state index in [4.69, 9.17) is 4.74 Å². The first-order chi connectivity index (χ1) is 15.0. The predicted octanol–water partition coefficient (Wildman–Crippen LogP) is 2.69. The molecule has 160 valence electrons. The van der Waals surface area contributed by atoms with E-state index in [0.29, 0.717) is 35.9 Å². The van der Waals surface area contributed by atoms with Crippen LogP contribution in [-0.4, -0.2) is 26.7 Å². The molecular formula is C24H25N3O4. The molecule has 0 aliphatic carbocycles. The van der Waals surface area contributed by atoms with Gasteiger partial charge < -0.3 is 9.84 Å². The molecule has 0 saturated heterocycles. The lowest BCUT2D eigenvalue weighted by Crippen LogP contribution is -2.41. The summed E-state index contributed by atoms with van der Waals surface area (Å²) in [5.41, 5.74) is 1.62. The van der Waals surface area contributed by atoms with Crippen molar-refractivity contribution in [3.05, 3.63) is 92.1 Å². The molecule has 1 N–H and O–H groups in total. The summed E-state index contributed by atoms with van der Waals surface area (Å²) in [5.74, 6) is 0.981. The lowest BCUT2D eigenvalue weighted by molar-refractivity contribution is 0.277. The molecule has 0 spiro atoms. The Labute approximate surface area is 179 Å². The average molecular weight is 419 g/mol. The Morgan fingerprint density at radius 1 is 1.06 bits per heavy atom. The van der Waals surface area contributed by atoms with E-state index in [0.717, 1.165) is 11.1 Å². The lowest BCUT2D eigenvalue weighted by atomic mass is 9.94. The molecule has 2 heterocycles. The molecule has 31 heavy (non-hydrogen) atoms. The van der Waals surface area contributed by atoms with Gasteiger partial charge in [-0.2, -0.15) is 4.99 Å². The summed E-state index contributed by atoms with van der Waals surface area (Å²) in [5, 5.41) is 9.18. The summed E-state index contributed by atoms with van der Waals surface area (Å²) in [7, 11) is 1.61. The average Bonchev–Trinajstić information content (AvgIpc) is 3.13. The fourth-order valence-electron chi connectivity index (χ4n) is 3.87. The minimum absolute atomic E-state index is 0.0989. The number of para-hydroxylation sites is 1. The third kappa shape index (κ3) is 3.96. The van der Waals surface area contributed by atoms with Crippen LogP contribution < -0.4 is 16.0 Å². The summed E-state index contributed by atoms with van der Waals surface area (Å²) in [6.45, 7) is 2.00. The van der Waals surface area contributed by atoms with E-state index in [9.17, 15) is 14.7 Å². The van der Waals surface area contributed by atoms with Gasteiger partial charge in [0.05, 0.1) is 11.5 Å². The van der Waals surface area contributed by atoms with Crippen molar-refractivity contribution in [2.24, 2.45) is 12.0 Å². The number of hydrogen-bond acceptors (Lipinski definition) is 5. The SMILES string of the molecule is Cc1ccccc1OC1=Nc2c(c(=O)n(CCCO)c(=O)n2C)C1Cc1ccccc1. The van der Waals surface area contributed by atoms with Gasteiger partial charge in [0.25, 0.3) is 5.56 Å². The number of aliphatic hydroxyl groups excluding tert-OH is 1. The number of ether oxygens (including phenoxy) is 1. The van der Waals surface area contributed by atoms with Crippen molar-refractivity contribution in [1.82, 2.24) is 9.13 Å². The monoisotopic (exact) mass is 419 g/mol. The predicted molar refractivity (Wildman–Crippen MR) is 119 cm³/mol. The van der Waals surface area contributed by atoms with Gasteiger partial charge in [-0.3, -0.25) is 13.9 Å². The maximum atomic E-state index is 13.3. The Balaban J connectivity index is 1.83. The number of benzene rings is 2. The van der Waals surface area contributed by atoms with Crippen molar-refractivity contribution in [3.63, 3.8) is 0 Å². The van der Waals surface area contributed by atoms with E-state index < -0.39 is 11.6 Å². The van der Waals surface area contributed by atoms with Crippen LogP contribution in [0.4, 0.5) is 5.82 Å². The largest absolute Gasteiger partial charge is 0.442 e. The third-order valence-electron chi connectivity index (χ3n) is 5.55. The van der Waals surface area contributed by atoms with Crippen LogP contribution in [0.2, 0.25) is 0 Å². The number of nitrogens with zero attached hydrogens (tertiary/aromatic N) is 3. The van der Waals surface area contributed by atoms with E-state index in [1.54, 1.807) is 7.05 Å². The first-order valence-electron chi connectivity index (χ1n) is 10.3. The first kappa shape index (κ1) is 20.8. The molecule has 1 unspecified atom stereocenters. The van der Waals surface area contributed by atoms with Crippen molar-refractivity contribution >= 4 is 11.7 Å². The molecule has 0 radical (unpaired) electrons. The Morgan fingerprint density at radius 3 is 2.48 bits per heavy atom. The first-order valence-corrected chi connectivity index (χ1v) is 10.3. The van der Waals surface area contributed by atoms with Crippen molar-refractivity contribution in [2.75, 3.05) is 6.61 Å². The molecule has 0 saturated carbocycles. The van der Waals surface area contributed by atoms with Gasteiger partial charge in [-0.05, 0) is 37.0 Å². The number of aryl methyl sites for hydroxylation is 1. The van der Waals surface area contributed by atoms with Crippen LogP contribution in [-0.2, 0) is 20.0 Å². The molecule has 0 bridgehead atoms. The Kier molecular flexibility index (Phi) is 5.86. The van der Waals surface area contributed by atoms with Gasteiger partial charge in [-0.15, -0.1) is 0 Å². The fraction of sp³-hybridized carbons (Fsp3) is 0.292. The Hall–Kier alpha value is -3.45. The highest BCUT2D eigenvalue weighted by atomic mass is 16.5. The van der Waals surface area contributed by atoms with Gasteiger partial charge >= 0.3 is 5.69 Å². The van der Waals surface area contributed by atoms with Crippen molar-refractivity contribution < 1.29 is 9.84 Å².